The number of ether oxygens (including phenoxy) is 3. The maximum atomic E-state index is 11.3. The topological polar surface area (TPSA) is 117 Å². The van der Waals surface area contributed by atoms with Gasteiger partial charge in [0.2, 0.25) is 0 Å². The van der Waals surface area contributed by atoms with E-state index in [4.69, 9.17) is 15.2 Å². The van der Waals surface area contributed by atoms with Crippen LogP contribution in [-0.4, -0.2) is 38.2 Å². The van der Waals surface area contributed by atoms with Crippen LogP contribution in [0.1, 0.15) is 12.8 Å². The van der Waals surface area contributed by atoms with Gasteiger partial charge in [0.25, 0.3) is 5.91 Å². The van der Waals surface area contributed by atoms with Crippen molar-refractivity contribution in [2.24, 2.45) is 5.73 Å². The summed E-state index contributed by atoms with van der Waals surface area (Å²) < 4.78 is 15.1. The first-order valence-electron chi connectivity index (χ1n) is 6.53. The van der Waals surface area contributed by atoms with Crippen molar-refractivity contribution in [1.82, 2.24) is 5.32 Å². The van der Waals surface area contributed by atoms with E-state index in [-0.39, 0.29) is 6.42 Å². The third-order valence-corrected chi connectivity index (χ3v) is 2.48. The molecule has 120 valence electrons. The molecule has 8 nitrogen and oxygen atoms in total. The number of hydrogen-bond acceptors (Lipinski definition) is 6. The summed E-state index contributed by atoms with van der Waals surface area (Å²) in [6.45, 7) is -0.212. The fourth-order valence-electron chi connectivity index (χ4n) is 1.47. The van der Waals surface area contributed by atoms with Crippen molar-refractivity contribution >= 4 is 17.9 Å². The molecule has 0 aromatic heterocycles. The second-order valence-corrected chi connectivity index (χ2v) is 4.20. The van der Waals surface area contributed by atoms with E-state index >= 15 is 0 Å². The van der Waals surface area contributed by atoms with Gasteiger partial charge in [-0.2, -0.15) is 0 Å². The average molecular weight is 310 g/mol. The maximum Gasteiger partial charge on any atom is 0.318 e. The molecule has 0 saturated heterocycles. The lowest BCUT2D eigenvalue weighted by Crippen LogP contribution is -2.37. The lowest BCUT2D eigenvalue weighted by molar-refractivity contribution is -0.148. The van der Waals surface area contributed by atoms with E-state index in [1.165, 1.54) is 0 Å². The SMILES string of the molecule is COc1ccc(OCCCC(=O)OCC(=O)NC(N)=O)cc1. The van der Waals surface area contributed by atoms with E-state index in [9.17, 15) is 14.4 Å². The highest BCUT2D eigenvalue weighted by atomic mass is 16.5. The van der Waals surface area contributed by atoms with Crippen molar-refractivity contribution in [3.63, 3.8) is 0 Å². The summed E-state index contributed by atoms with van der Waals surface area (Å²) >= 11 is 0. The largest absolute Gasteiger partial charge is 0.497 e. The highest BCUT2D eigenvalue weighted by molar-refractivity contribution is 5.94. The summed E-state index contributed by atoms with van der Waals surface area (Å²) in [6.07, 6.45) is 0.530. The van der Waals surface area contributed by atoms with Crippen molar-refractivity contribution in [3.05, 3.63) is 24.3 Å². The molecule has 1 rings (SSSR count). The van der Waals surface area contributed by atoms with Crippen LogP contribution >= 0.6 is 0 Å². The van der Waals surface area contributed by atoms with Gasteiger partial charge in [-0.05, 0) is 30.7 Å². The third kappa shape index (κ3) is 7.13. The quantitative estimate of drug-likeness (QED) is 0.536. The molecule has 0 aliphatic carbocycles. The Bertz CT molecular complexity index is 515. The summed E-state index contributed by atoms with van der Waals surface area (Å²) in [7, 11) is 1.57. The van der Waals surface area contributed by atoms with Gasteiger partial charge in [0.05, 0.1) is 13.7 Å². The smallest absolute Gasteiger partial charge is 0.318 e. The Hall–Kier alpha value is -2.77. The van der Waals surface area contributed by atoms with Crippen LogP contribution in [0.2, 0.25) is 0 Å². The molecular formula is C14H18N2O6. The number of urea groups is 1. The van der Waals surface area contributed by atoms with Gasteiger partial charge in [-0.25, -0.2) is 4.79 Å². The maximum absolute atomic E-state index is 11.3. The Morgan fingerprint density at radius 1 is 1.14 bits per heavy atom. The number of amides is 3. The van der Waals surface area contributed by atoms with Crippen LogP contribution in [0.4, 0.5) is 4.79 Å². The Morgan fingerprint density at radius 3 is 2.36 bits per heavy atom. The minimum atomic E-state index is -0.992. The predicted octanol–water partition coefficient (Wildman–Crippen LogP) is 0.592. The minimum Gasteiger partial charge on any atom is -0.497 e. The fraction of sp³-hybridized carbons (Fsp3) is 0.357. The zero-order chi connectivity index (χ0) is 16.4. The molecule has 0 atom stereocenters. The molecule has 3 amide bonds. The summed E-state index contributed by atoms with van der Waals surface area (Å²) in [4.78, 5) is 32.7. The zero-order valence-corrected chi connectivity index (χ0v) is 12.2. The molecule has 0 bridgehead atoms. The van der Waals surface area contributed by atoms with Gasteiger partial charge < -0.3 is 19.9 Å². The van der Waals surface area contributed by atoms with E-state index in [2.05, 4.69) is 4.74 Å². The van der Waals surface area contributed by atoms with Crippen molar-refractivity contribution in [2.75, 3.05) is 20.3 Å². The van der Waals surface area contributed by atoms with E-state index in [0.29, 0.717) is 18.8 Å². The van der Waals surface area contributed by atoms with Crippen molar-refractivity contribution in [3.8, 4) is 11.5 Å². The van der Waals surface area contributed by atoms with Crippen LogP contribution in [0, 0.1) is 0 Å². The molecule has 0 spiro atoms. The number of carbonyl (C=O) groups excluding carboxylic acids is 3. The van der Waals surface area contributed by atoms with Gasteiger partial charge >= 0.3 is 12.0 Å². The number of primary amides is 1. The number of esters is 1. The van der Waals surface area contributed by atoms with Crippen LogP contribution in [0.25, 0.3) is 0 Å². The first kappa shape index (κ1) is 17.3. The molecule has 0 aliphatic heterocycles. The van der Waals surface area contributed by atoms with Gasteiger partial charge in [0, 0.05) is 6.42 Å². The molecule has 1 aromatic rings. The normalized spacial score (nSPS) is 9.68. The summed E-state index contributed by atoms with van der Waals surface area (Å²) in [5.74, 6) is 0.0634. The molecule has 1 aromatic carbocycles. The van der Waals surface area contributed by atoms with Crippen LogP contribution in [0.15, 0.2) is 24.3 Å². The highest BCUT2D eigenvalue weighted by Crippen LogP contribution is 2.17. The molecular weight excluding hydrogens is 292 g/mol. The standard InChI is InChI=1S/C14H18N2O6/c1-20-10-4-6-11(7-5-10)21-8-2-3-13(18)22-9-12(17)16-14(15)19/h4-7H,2-3,8-9H2,1H3,(H3,15,16,17,19). The number of rotatable bonds is 8. The number of nitrogens with one attached hydrogen (secondary N) is 1. The predicted molar refractivity (Wildman–Crippen MR) is 76.4 cm³/mol. The lowest BCUT2D eigenvalue weighted by Gasteiger charge is -2.07. The van der Waals surface area contributed by atoms with E-state index < -0.39 is 24.5 Å². The monoisotopic (exact) mass is 310 g/mol. The molecule has 8 heteroatoms. The molecule has 0 heterocycles. The molecule has 0 unspecified atom stereocenters. The Morgan fingerprint density at radius 2 is 1.77 bits per heavy atom. The van der Waals surface area contributed by atoms with Crippen molar-refractivity contribution in [2.45, 2.75) is 12.8 Å². The van der Waals surface area contributed by atoms with Crippen LogP contribution in [0.3, 0.4) is 0 Å². The Balaban J connectivity index is 2.14. The lowest BCUT2D eigenvalue weighted by atomic mass is 10.3. The summed E-state index contributed by atoms with van der Waals surface area (Å²) in [5, 5.41) is 1.78. The van der Waals surface area contributed by atoms with Crippen LogP contribution in [-0.2, 0) is 14.3 Å². The molecule has 0 aliphatic rings. The number of nitrogens with two attached hydrogens (primary N) is 1. The van der Waals surface area contributed by atoms with E-state index in [0.717, 1.165) is 5.75 Å². The van der Waals surface area contributed by atoms with Gasteiger partial charge in [-0.1, -0.05) is 0 Å². The highest BCUT2D eigenvalue weighted by Gasteiger charge is 2.08. The first-order valence-corrected chi connectivity index (χ1v) is 6.53. The second-order valence-electron chi connectivity index (χ2n) is 4.20. The van der Waals surface area contributed by atoms with E-state index in [1.54, 1.807) is 36.7 Å². The number of carbonyl (C=O) groups is 3. The van der Waals surface area contributed by atoms with E-state index in [1.807, 2.05) is 0 Å². The molecule has 22 heavy (non-hydrogen) atoms. The van der Waals surface area contributed by atoms with Crippen LogP contribution < -0.4 is 20.5 Å². The Kier molecular flexibility index (Phi) is 7.24. The fourth-order valence-corrected chi connectivity index (χ4v) is 1.47. The number of methoxy groups -OCH3 is 1. The van der Waals surface area contributed by atoms with Crippen LogP contribution in [0.5, 0.6) is 11.5 Å². The summed E-state index contributed by atoms with van der Waals surface area (Å²) in [5.41, 5.74) is 4.74. The zero-order valence-electron chi connectivity index (χ0n) is 12.2. The number of benzene rings is 1. The van der Waals surface area contributed by atoms with Gasteiger partial charge in [-0.3, -0.25) is 14.9 Å². The minimum absolute atomic E-state index is 0.0972. The number of hydrogen-bond donors (Lipinski definition) is 2. The summed E-state index contributed by atoms with van der Waals surface area (Å²) in [6, 6.07) is 6.05. The van der Waals surface area contributed by atoms with Crippen molar-refractivity contribution < 1.29 is 28.6 Å². The third-order valence-electron chi connectivity index (χ3n) is 2.48. The number of imide groups is 1. The molecule has 0 saturated carbocycles. The second kappa shape index (κ2) is 9.22. The van der Waals surface area contributed by atoms with Gasteiger partial charge in [0.1, 0.15) is 11.5 Å². The first-order chi connectivity index (χ1) is 10.5. The molecule has 0 fully saturated rings. The molecule has 3 N–H and O–H groups in total. The molecule has 0 radical (unpaired) electrons. The van der Waals surface area contributed by atoms with Gasteiger partial charge in [-0.15, -0.1) is 0 Å². The van der Waals surface area contributed by atoms with Gasteiger partial charge in [0.15, 0.2) is 6.61 Å². The Labute approximate surface area is 127 Å². The average Bonchev–Trinajstić information content (AvgIpc) is 2.49. The van der Waals surface area contributed by atoms with Crippen molar-refractivity contribution in [1.29, 1.82) is 0 Å².